The molecule has 0 bridgehead atoms. The van der Waals surface area contributed by atoms with E-state index in [1.54, 1.807) is 0 Å². The van der Waals surface area contributed by atoms with Crippen LogP contribution < -0.4 is 18.1 Å². The van der Waals surface area contributed by atoms with Gasteiger partial charge in [0.1, 0.15) is 0 Å². The average molecular weight is 167 g/mol. The first-order chi connectivity index (χ1) is 4.06. The molecule has 2 nitrogen and oxygen atoms in total. The van der Waals surface area contributed by atoms with E-state index in [2.05, 4.69) is 20.8 Å². The minimum atomic E-state index is 0. The van der Waals surface area contributed by atoms with Gasteiger partial charge in [0.05, 0.1) is 13.2 Å². The standard InChI is InChI=1S/C7H17NO.ClH/c1-7(2,3)6-9-5-4-8;/h4-6,8H2,1-3H3;1H/p-1. The normalized spacial score (nSPS) is 10.8. The van der Waals surface area contributed by atoms with Gasteiger partial charge in [0.15, 0.2) is 0 Å². The first-order valence-electron chi connectivity index (χ1n) is 3.34. The van der Waals surface area contributed by atoms with Crippen LogP contribution in [0.2, 0.25) is 0 Å². The molecule has 0 unspecified atom stereocenters. The Hall–Kier alpha value is 0.210. The van der Waals surface area contributed by atoms with Crippen LogP contribution in [0.4, 0.5) is 0 Å². The summed E-state index contributed by atoms with van der Waals surface area (Å²) >= 11 is 0. The Kier molecular flexibility index (Phi) is 7.65. The van der Waals surface area contributed by atoms with E-state index in [-0.39, 0.29) is 17.8 Å². The second-order valence-corrected chi connectivity index (χ2v) is 3.40. The van der Waals surface area contributed by atoms with Crippen molar-refractivity contribution in [2.45, 2.75) is 20.8 Å². The highest BCUT2D eigenvalue weighted by molar-refractivity contribution is 4.58. The van der Waals surface area contributed by atoms with Crippen LogP contribution in [0, 0.1) is 5.41 Å². The molecule has 0 rings (SSSR count). The predicted octanol–water partition coefficient (Wildman–Crippen LogP) is -1.99. The van der Waals surface area contributed by atoms with Crippen molar-refractivity contribution in [2.75, 3.05) is 19.8 Å². The maximum Gasteiger partial charge on any atom is 0.0588 e. The molecule has 0 aromatic heterocycles. The van der Waals surface area contributed by atoms with Crippen molar-refractivity contribution in [1.82, 2.24) is 0 Å². The Labute approximate surface area is 69.5 Å². The lowest BCUT2D eigenvalue weighted by molar-refractivity contribution is -0.00000278. The van der Waals surface area contributed by atoms with Gasteiger partial charge >= 0.3 is 0 Å². The third-order valence-corrected chi connectivity index (χ3v) is 0.797. The minimum Gasteiger partial charge on any atom is -1.00 e. The lowest BCUT2D eigenvalue weighted by atomic mass is 9.99. The quantitative estimate of drug-likeness (QED) is 0.493. The number of ether oxygens (including phenoxy) is 1. The van der Waals surface area contributed by atoms with Crippen LogP contribution in [-0.2, 0) is 4.74 Å². The largest absolute Gasteiger partial charge is 1.00 e. The molecule has 0 saturated heterocycles. The molecule has 0 saturated carbocycles. The maximum absolute atomic E-state index is 5.23. The summed E-state index contributed by atoms with van der Waals surface area (Å²) in [6.07, 6.45) is 0. The summed E-state index contributed by atoms with van der Waals surface area (Å²) < 4.78 is 5.22. The highest BCUT2D eigenvalue weighted by atomic mass is 35.5. The molecule has 0 fully saturated rings. The minimum absolute atomic E-state index is 0. The molecule has 0 amide bonds. The zero-order valence-corrected chi connectivity index (χ0v) is 7.74. The van der Waals surface area contributed by atoms with E-state index in [1.807, 2.05) is 0 Å². The van der Waals surface area contributed by atoms with Crippen molar-refractivity contribution in [3.63, 3.8) is 0 Å². The smallest absolute Gasteiger partial charge is 0.0588 e. The lowest BCUT2D eigenvalue weighted by Gasteiger charge is -2.17. The molecule has 0 atom stereocenters. The molecule has 0 aromatic rings. The number of rotatable bonds is 3. The monoisotopic (exact) mass is 166 g/mol. The van der Waals surface area contributed by atoms with E-state index in [4.69, 9.17) is 10.5 Å². The van der Waals surface area contributed by atoms with Crippen LogP contribution in [0.1, 0.15) is 20.8 Å². The summed E-state index contributed by atoms with van der Waals surface area (Å²) in [5.41, 5.74) is 5.51. The molecular weight excluding hydrogens is 150 g/mol. The third kappa shape index (κ3) is 11.1. The topological polar surface area (TPSA) is 35.2 Å². The van der Waals surface area contributed by atoms with E-state index in [0.717, 1.165) is 6.61 Å². The Morgan fingerprint density at radius 2 is 1.80 bits per heavy atom. The van der Waals surface area contributed by atoms with Gasteiger partial charge in [-0.1, -0.05) is 20.8 Å². The van der Waals surface area contributed by atoms with Crippen molar-refractivity contribution in [3.05, 3.63) is 0 Å². The van der Waals surface area contributed by atoms with Crippen LogP contribution >= 0.6 is 0 Å². The second kappa shape index (κ2) is 5.96. The zero-order valence-electron chi connectivity index (χ0n) is 6.98. The van der Waals surface area contributed by atoms with Crippen LogP contribution in [0.15, 0.2) is 0 Å². The molecule has 0 spiro atoms. The van der Waals surface area contributed by atoms with E-state index in [1.165, 1.54) is 0 Å². The van der Waals surface area contributed by atoms with Crippen molar-refractivity contribution in [1.29, 1.82) is 0 Å². The summed E-state index contributed by atoms with van der Waals surface area (Å²) in [6.45, 7) is 8.52. The molecule has 0 aliphatic heterocycles. The molecule has 0 aromatic carbocycles. The van der Waals surface area contributed by atoms with Crippen molar-refractivity contribution in [3.8, 4) is 0 Å². The highest BCUT2D eigenvalue weighted by Crippen LogP contribution is 2.12. The molecular formula is C7H17ClNO-. The van der Waals surface area contributed by atoms with Gasteiger partial charge in [-0.3, -0.25) is 0 Å². The summed E-state index contributed by atoms with van der Waals surface area (Å²) in [7, 11) is 0. The number of hydrogen-bond donors (Lipinski definition) is 1. The van der Waals surface area contributed by atoms with Gasteiger partial charge in [0, 0.05) is 6.54 Å². The number of nitrogens with two attached hydrogens (primary N) is 1. The molecule has 10 heavy (non-hydrogen) atoms. The maximum atomic E-state index is 5.23. The Balaban J connectivity index is 0. The predicted molar refractivity (Wildman–Crippen MR) is 39.3 cm³/mol. The summed E-state index contributed by atoms with van der Waals surface area (Å²) in [6, 6.07) is 0. The molecule has 0 aliphatic carbocycles. The zero-order chi connectivity index (χ0) is 7.33. The van der Waals surface area contributed by atoms with Crippen LogP contribution in [0.5, 0.6) is 0 Å². The van der Waals surface area contributed by atoms with E-state index < -0.39 is 0 Å². The molecule has 0 heterocycles. The van der Waals surface area contributed by atoms with Gasteiger partial charge in [0.2, 0.25) is 0 Å². The fraction of sp³-hybridized carbons (Fsp3) is 1.00. The highest BCUT2D eigenvalue weighted by Gasteiger charge is 2.08. The SMILES string of the molecule is CC(C)(C)COCCN.[Cl-]. The van der Waals surface area contributed by atoms with E-state index in [0.29, 0.717) is 13.2 Å². The van der Waals surface area contributed by atoms with Crippen molar-refractivity contribution in [2.24, 2.45) is 11.1 Å². The summed E-state index contributed by atoms with van der Waals surface area (Å²) in [5.74, 6) is 0. The van der Waals surface area contributed by atoms with Crippen LogP contribution in [0.3, 0.4) is 0 Å². The molecule has 0 aliphatic rings. The molecule has 64 valence electrons. The third-order valence-electron chi connectivity index (χ3n) is 0.797. The van der Waals surface area contributed by atoms with Crippen molar-refractivity contribution < 1.29 is 17.1 Å². The number of hydrogen-bond acceptors (Lipinski definition) is 2. The van der Waals surface area contributed by atoms with Crippen LogP contribution in [0.25, 0.3) is 0 Å². The Bertz CT molecular complexity index is 70.5. The van der Waals surface area contributed by atoms with Gasteiger partial charge in [0.25, 0.3) is 0 Å². The fourth-order valence-corrected chi connectivity index (χ4v) is 0.462. The molecule has 2 N–H and O–H groups in total. The first-order valence-corrected chi connectivity index (χ1v) is 3.34. The van der Waals surface area contributed by atoms with Crippen LogP contribution in [-0.4, -0.2) is 19.8 Å². The Morgan fingerprint density at radius 1 is 1.30 bits per heavy atom. The van der Waals surface area contributed by atoms with Crippen molar-refractivity contribution >= 4 is 0 Å². The van der Waals surface area contributed by atoms with Gasteiger partial charge in [-0.25, -0.2) is 0 Å². The number of halogens is 1. The fourth-order valence-electron chi connectivity index (χ4n) is 0.462. The Morgan fingerprint density at radius 3 is 2.10 bits per heavy atom. The van der Waals surface area contributed by atoms with E-state index in [9.17, 15) is 0 Å². The lowest BCUT2D eigenvalue weighted by Crippen LogP contribution is -3.00. The second-order valence-electron chi connectivity index (χ2n) is 3.40. The van der Waals surface area contributed by atoms with Gasteiger partial charge < -0.3 is 22.9 Å². The molecule has 3 heteroatoms. The van der Waals surface area contributed by atoms with Gasteiger partial charge in [-0.2, -0.15) is 0 Å². The summed E-state index contributed by atoms with van der Waals surface area (Å²) in [5, 5.41) is 0. The summed E-state index contributed by atoms with van der Waals surface area (Å²) in [4.78, 5) is 0. The molecule has 0 radical (unpaired) electrons. The first kappa shape index (κ1) is 12.8. The van der Waals surface area contributed by atoms with Gasteiger partial charge in [-0.15, -0.1) is 0 Å². The van der Waals surface area contributed by atoms with Gasteiger partial charge in [-0.05, 0) is 5.41 Å². The van der Waals surface area contributed by atoms with E-state index >= 15 is 0 Å². The average Bonchev–Trinajstić information content (AvgIpc) is 1.63.